The monoisotopic (exact) mass is 515 g/mol. The van der Waals surface area contributed by atoms with Crippen molar-refractivity contribution in [3.63, 3.8) is 0 Å². The van der Waals surface area contributed by atoms with Gasteiger partial charge in [-0.3, -0.25) is 4.79 Å². The number of ether oxygens (including phenoxy) is 1. The van der Waals surface area contributed by atoms with E-state index in [1.165, 1.54) is 11.0 Å². The van der Waals surface area contributed by atoms with E-state index in [4.69, 9.17) is 10.5 Å². The Balaban J connectivity index is 1.71. The second kappa shape index (κ2) is 10.1. The number of amides is 1. The molecule has 3 aromatic rings. The lowest BCUT2D eigenvalue weighted by Crippen LogP contribution is -2.16. The van der Waals surface area contributed by atoms with Gasteiger partial charge in [-0.15, -0.1) is 5.10 Å². The van der Waals surface area contributed by atoms with Gasteiger partial charge >= 0.3 is 0 Å². The van der Waals surface area contributed by atoms with Crippen molar-refractivity contribution in [1.29, 1.82) is 0 Å². The van der Waals surface area contributed by atoms with E-state index in [0.717, 1.165) is 36.6 Å². The summed E-state index contributed by atoms with van der Waals surface area (Å²) in [4.78, 5) is 15.6. The molecule has 13 heteroatoms. The molecular weight excluding hydrogens is 496 g/mol. The molecule has 0 atom stereocenters. The summed E-state index contributed by atoms with van der Waals surface area (Å²) in [5.74, 6) is -2.10. The summed E-state index contributed by atoms with van der Waals surface area (Å²) in [6.45, 7) is 1.06. The average Bonchev–Trinajstić information content (AvgIpc) is 3.28. The molecule has 31 heavy (non-hydrogen) atoms. The van der Waals surface area contributed by atoms with Crippen molar-refractivity contribution in [3.8, 4) is 5.88 Å². The summed E-state index contributed by atoms with van der Waals surface area (Å²) in [6.07, 6.45) is 2.38. The number of carbonyl (C=O) groups is 1. The van der Waals surface area contributed by atoms with E-state index in [2.05, 4.69) is 40.7 Å². The number of benzene rings is 1. The van der Waals surface area contributed by atoms with Crippen LogP contribution in [0.3, 0.4) is 0 Å². The number of nitrogens with one attached hydrogen (secondary N) is 1. The van der Waals surface area contributed by atoms with Gasteiger partial charge in [0.2, 0.25) is 5.88 Å². The molecule has 3 rings (SSSR count). The Morgan fingerprint density at radius 2 is 2.06 bits per heavy atom. The van der Waals surface area contributed by atoms with Crippen molar-refractivity contribution < 1.29 is 18.3 Å². The third kappa shape index (κ3) is 5.95. The summed E-state index contributed by atoms with van der Waals surface area (Å²) in [5, 5.41) is 11.7. The zero-order valence-electron chi connectivity index (χ0n) is 16.7. The Morgan fingerprint density at radius 3 is 2.71 bits per heavy atom. The molecule has 2 heterocycles. The van der Waals surface area contributed by atoms with Crippen LogP contribution in [0.4, 0.5) is 19.6 Å². The summed E-state index contributed by atoms with van der Waals surface area (Å²) in [6, 6.07) is 2.24. The number of primary amides is 1. The van der Waals surface area contributed by atoms with Crippen molar-refractivity contribution in [1.82, 2.24) is 24.3 Å². The van der Waals surface area contributed by atoms with Crippen LogP contribution < -0.4 is 15.8 Å². The number of halogens is 3. The molecule has 0 aliphatic carbocycles. The number of rotatable bonds is 10. The fourth-order valence-electron chi connectivity index (χ4n) is 2.63. The number of anilines is 2. The lowest BCUT2D eigenvalue weighted by atomic mass is 10.2. The molecular formula is C18H20BrF2N7O2S. The molecule has 0 radical (unpaired) electrons. The Morgan fingerprint density at radius 1 is 1.35 bits per heavy atom. The van der Waals surface area contributed by atoms with Gasteiger partial charge in [0, 0.05) is 4.47 Å². The zero-order valence-corrected chi connectivity index (χ0v) is 19.1. The molecule has 0 unspecified atom stereocenters. The number of nitrogens with zero attached hydrogens (tertiary/aromatic N) is 5. The van der Waals surface area contributed by atoms with E-state index in [1.807, 2.05) is 14.1 Å². The molecule has 0 spiro atoms. The largest absolute Gasteiger partial charge is 0.471 e. The smallest absolute Gasteiger partial charge is 0.257 e. The lowest BCUT2D eigenvalue weighted by molar-refractivity contribution is 0.0996. The average molecular weight is 516 g/mol. The normalized spacial score (nSPS) is 11.2. The molecule has 3 N–H and O–H groups in total. The van der Waals surface area contributed by atoms with E-state index in [-0.39, 0.29) is 21.5 Å². The Kier molecular flexibility index (Phi) is 7.51. The van der Waals surface area contributed by atoms with Crippen LogP contribution in [0.5, 0.6) is 5.88 Å². The van der Waals surface area contributed by atoms with Gasteiger partial charge in [0.15, 0.2) is 5.82 Å². The minimum atomic E-state index is -0.804. The molecule has 0 bridgehead atoms. The summed E-state index contributed by atoms with van der Waals surface area (Å²) in [7, 11) is 3.97. The highest BCUT2D eigenvalue weighted by molar-refractivity contribution is 9.10. The minimum absolute atomic E-state index is 0.0370. The van der Waals surface area contributed by atoms with E-state index >= 15 is 0 Å². The maximum atomic E-state index is 14.0. The van der Waals surface area contributed by atoms with Gasteiger partial charge in [-0.1, -0.05) is 15.9 Å². The van der Waals surface area contributed by atoms with Crippen LogP contribution >= 0.6 is 27.5 Å². The zero-order chi connectivity index (χ0) is 22.5. The van der Waals surface area contributed by atoms with Gasteiger partial charge in [0.25, 0.3) is 5.91 Å². The highest BCUT2D eigenvalue weighted by atomic mass is 79.9. The first kappa shape index (κ1) is 23.0. The molecule has 2 aromatic heterocycles. The Hall–Kier alpha value is -2.64. The van der Waals surface area contributed by atoms with Crippen LogP contribution in [0, 0.1) is 11.6 Å². The number of aromatic nitrogens is 4. The van der Waals surface area contributed by atoms with Crippen LogP contribution in [0.2, 0.25) is 0 Å². The third-order valence-corrected chi connectivity index (χ3v) is 5.31. The quantitative estimate of drug-likeness (QED) is 0.426. The van der Waals surface area contributed by atoms with Crippen LogP contribution in [0.25, 0.3) is 0 Å². The second-order valence-corrected chi connectivity index (χ2v) is 8.49. The van der Waals surface area contributed by atoms with Crippen LogP contribution in [0.15, 0.2) is 22.8 Å². The number of carbonyl (C=O) groups excluding carboxylic acids is 1. The van der Waals surface area contributed by atoms with Crippen LogP contribution in [-0.4, -0.2) is 50.8 Å². The van der Waals surface area contributed by atoms with Gasteiger partial charge in [-0.05, 0) is 50.7 Å². The van der Waals surface area contributed by atoms with Crippen molar-refractivity contribution in [2.24, 2.45) is 5.73 Å². The van der Waals surface area contributed by atoms with Gasteiger partial charge in [-0.25, -0.2) is 8.78 Å². The third-order valence-electron chi connectivity index (χ3n) is 4.11. The number of aryl methyl sites for hydroxylation is 1. The first-order valence-corrected chi connectivity index (χ1v) is 10.7. The molecule has 0 saturated carbocycles. The standard InChI is InChI=1S/C18H20BrF2N7O2S/c1-27(2)4-3-5-28-23-8-14(25-28)24-18-15(16(22)29)17(26-31-18)30-9-11-12(20)6-10(19)7-13(11)21/h6-8H,3-5,9H2,1-2H3,(H2,22,29)(H,24,25). The van der Waals surface area contributed by atoms with Gasteiger partial charge in [-0.2, -0.15) is 14.3 Å². The molecule has 0 aliphatic heterocycles. The fourth-order valence-corrected chi connectivity index (χ4v) is 3.78. The molecule has 0 saturated heterocycles. The highest BCUT2D eigenvalue weighted by Gasteiger charge is 2.22. The van der Waals surface area contributed by atoms with Gasteiger partial charge < -0.3 is 20.7 Å². The predicted octanol–water partition coefficient (Wildman–Crippen LogP) is 3.15. The highest BCUT2D eigenvalue weighted by Crippen LogP contribution is 2.33. The number of hydrogen-bond acceptors (Lipinski definition) is 8. The van der Waals surface area contributed by atoms with Crippen molar-refractivity contribution >= 4 is 44.2 Å². The maximum Gasteiger partial charge on any atom is 0.257 e. The maximum absolute atomic E-state index is 14.0. The van der Waals surface area contributed by atoms with E-state index in [0.29, 0.717) is 17.4 Å². The summed E-state index contributed by atoms with van der Waals surface area (Å²) < 4.78 is 37.7. The van der Waals surface area contributed by atoms with Crippen LogP contribution in [-0.2, 0) is 13.2 Å². The Bertz CT molecular complexity index is 1050. The lowest BCUT2D eigenvalue weighted by Gasteiger charge is -2.08. The molecule has 1 amide bonds. The Labute approximate surface area is 189 Å². The van der Waals surface area contributed by atoms with Crippen molar-refractivity contribution in [2.45, 2.75) is 19.6 Å². The molecule has 1 aromatic carbocycles. The first-order valence-electron chi connectivity index (χ1n) is 9.12. The fraction of sp³-hybridized carbons (Fsp3) is 0.333. The molecule has 0 aliphatic rings. The van der Waals surface area contributed by atoms with E-state index < -0.39 is 24.1 Å². The predicted molar refractivity (Wildman–Crippen MR) is 115 cm³/mol. The van der Waals surface area contributed by atoms with Crippen molar-refractivity contribution in [3.05, 3.63) is 45.6 Å². The van der Waals surface area contributed by atoms with Gasteiger partial charge in [0.05, 0.1) is 18.3 Å². The van der Waals surface area contributed by atoms with Gasteiger partial charge in [0.1, 0.15) is 28.8 Å². The topological polar surface area (TPSA) is 111 Å². The second-order valence-electron chi connectivity index (χ2n) is 6.80. The summed E-state index contributed by atoms with van der Waals surface area (Å²) >= 11 is 3.93. The molecule has 166 valence electrons. The SMILES string of the molecule is CN(C)CCCn1ncc(Nc2snc(OCc3c(F)cc(Br)cc3F)c2C(N)=O)n1. The number of hydrogen-bond donors (Lipinski definition) is 2. The first-order chi connectivity index (χ1) is 14.7. The van der Waals surface area contributed by atoms with E-state index in [9.17, 15) is 13.6 Å². The molecule has 0 fully saturated rings. The van der Waals surface area contributed by atoms with E-state index in [1.54, 1.807) is 0 Å². The van der Waals surface area contributed by atoms with Crippen LogP contribution in [0.1, 0.15) is 22.3 Å². The molecule has 9 nitrogen and oxygen atoms in total. The minimum Gasteiger partial charge on any atom is -0.471 e. The number of nitrogens with two attached hydrogens (primary N) is 1. The summed E-state index contributed by atoms with van der Waals surface area (Å²) in [5.41, 5.74) is 5.14. The van der Waals surface area contributed by atoms with Crippen molar-refractivity contribution in [2.75, 3.05) is 26.0 Å².